The number of aliphatic hydroxyl groups excluding tert-OH is 1. The zero-order chi connectivity index (χ0) is 17.0. The molecule has 0 spiro atoms. The third-order valence-electron chi connectivity index (χ3n) is 4.35. The van der Waals surface area contributed by atoms with Gasteiger partial charge in [0.2, 0.25) is 0 Å². The first-order valence-corrected chi connectivity index (χ1v) is 9.90. The molecule has 1 atom stereocenters. The number of allylic oxidation sites excluding steroid dienone is 6. The minimum absolute atomic E-state index is 0.369. The molecular weight excluding hydrogens is 280 g/mol. The SMILES string of the molecule is CCC=CCC=CCC=CCCCCCCCCC(CC)CO. The zero-order valence-electron chi connectivity index (χ0n) is 15.7. The Balaban J connectivity index is 3.26. The number of aliphatic hydroxyl groups is 1. The number of rotatable bonds is 16. The highest BCUT2D eigenvalue weighted by atomic mass is 16.3. The summed E-state index contributed by atoms with van der Waals surface area (Å²) in [4.78, 5) is 0. The first kappa shape index (κ1) is 22.2. The maximum Gasteiger partial charge on any atom is 0.0459 e. The van der Waals surface area contributed by atoms with Gasteiger partial charge in [0.1, 0.15) is 0 Å². The highest BCUT2D eigenvalue weighted by Crippen LogP contribution is 2.14. The summed E-state index contributed by atoms with van der Waals surface area (Å²) in [7, 11) is 0. The maximum absolute atomic E-state index is 9.14. The number of hydrogen-bond donors (Lipinski definition) is 1. The molecule has 0 aliphatic rings. The minimum atomic E-state index is 0.369. The van der Waals surface area contributed by atoms with E-state index >= 15 is 0 Å². The monoisotopic (exact) mass is 320 g/mol. The van der Waals surface area contributed by atoms with Crippen molar-refractivity contribution in [2.45, 2.75) is 90.9 Å². The molecule has 0 radical (unpaired) electrons. The average Bonchev–Trinajstić information content (AvgIpc) is 2.58. The van der Waals surface area contributed by atoms with Crippen LogP contribution in [0.5, 0.6) is 0 Å². The van der Waals surface area contributed by atoms with E-state index in [9.17, 15) is 0 Å². The first-order valence-electron chi connectivity index (χ1n) is 9.90. The Labute approximate surface area is 145 Å². The van der Waals surface area contributed by atoms with Crippen molar-refractivity contribution in [3.8, 4) is 0 Å². The first-order chi connectivity index (χ1) is 11.3. The molecule has 0 aliphatic carbocycles. The molecule has 0 saturated heterocycles. The Kier molecular flexibility index (Phi) is 18.5. The zero-order valence-corrected chi connectivity index (χ0v) is 15.7. The molecule has 0 heterocycles. The molecule has 0 bridgehead atoms. The summed E-state index contributed by atoms with van der Waals surface area (Å²) in [5.74, 6) is 0.539. The van der Waals surface area contributed by atoms with Crippen molar-refractivity contribution >= 4 is 0 Å². The smallest absolute Gasteiger partial charge is 0.0459 e. The second-order valence-corrected chi connectivity index (χ2v) is 6.45. The van der Waals surface area contributed by atoms with Crippen LogP contribution in [-0.4, -0.2) is 11.7 Å². The van der Waals surface area contributed by atoms with Crippen LogP contribution in [0.15, 0.2) is 36.5 Å². The third kappa shape index (κ3) is 17.4. The van der Waals surface area contributed by atoms with Crippen LogP contribution in [0.2, 0.25) is 0 Å². The van der Waals surface area contributed by atoms with E-state index < -0.39 is 0 Å². The van der Waals surface area contributed by atoms with E-state index in [4.69, 9.17) is 5.11 Å². The van der Waals surface area contributed by atoms with Gasteiger partial charge in [0.05, 0.1) is 0 Å². The lowest BCUT2D eigenvalue weighted by molar-refractivity contribution is 0.211. The highest BCUT2D eigenvalue weighted by Gasteiger charge is 2.03. The lowest BCUT2D eigenvalue weighted by Gasteiger charge is -2.10. The molecule has 134 valence electrons. The lowest BCUT2D eigenvalue weighted by Crippen LogP contribution is -2.03. The second-order valence-electron chi connectivity index (χ2n) is 6.45. The van der Waals surface area contributed by atoms with Gasteiger partial charge in [0.25, 0.3) is 0 Å². The van der Waals surface area contributed by atoms with Crippen LogP contribution in [0, 0.1) is 5.92 Å². The molecule has 0 rings (SSSR count). The van der Waals surface area contributed by atoms with E-state index in [1.165, 1.54) is 51.4 Å². The number of hydrogen-bond acceptors (Lipinski definition) is 1. The summed E-state index contributed by atoms with van der Waals surface area (Å²) in [5.41, 5.74) is 0. The molecule has 0 amide bonds. The Morgan fingerprint density at radius 1 is 0.696 bits per heavy atom. The Morgan fingerprint density at radius 2 is 1.26 bits per heavy atom. The van der Waals surface area contributed by atoms with Crippen LogP contribution in [0.25, 0.3) is 0 Å². The van der Waals surface area contributed by atoms with Gasteiger partial charge in [-0.15, -0.1) is 0 Å². The fourth-order valence-electron chi connectivity index (χ4n) is 2.65. The predicted octanol–water partition coefficient (Wildman–Crippen LogP) is 6.98. The fraction of sp³-hybridized carbons (Fsp3) is 0.727. The second kappa shape index (κ2) is 19.2. The van der Waals surface area contributed by atoms with Crippen molar-refractivity contribution in [3.63, 3.8) is 0 Å². The molecule has 0 saturated carbocycles. The van der Waals surface area contributed by atoms with E-state index in [0.717, 1.165) is 25.7 Å². The van der Waals surface area contributed by atoms with Crippen LogP contribution in [0.4, 0.5) is 0 Å². The van der Waals surface area contributed by atoms with Gasteiger partial charge in [-0.1, -0.05) is 88.8 Å². The van der Waals surface area contributed by atoms with E-state index in [0.29, 0.717) is 12.5 Å². The van der Waals surface area contributed by atoms with E-state index in [-0.39, 0.29) is 0 Å². The predicted molar refractivity (Wildman–Crippen MR) is 105 cm³/mol. The molecule has 1 heteroatoms. The molecule has 23 heavy (non-hydrogen) atoms. The highest BCUT2D eigenvalue weighted by molar-refractivity contribution is 4.96. The van der Waals surface area contributed by atoms with Gasteiger partial charge in [-0.25, -0.2) is 0 Å². The molecule has 0 aliphatic heterocycles. The Hall–Kier alpha value is -0.820. The quantitative estimate of drug-likeness (QED) is 0.240. The van der Waals surface area contributed by atoms with Crippen molar-refractivity contribution < 1.29 is 5.11 Å². The molecule has 0 aromatic rings. The van der Waals surface area contributed by atoms with E-state index in [1.807, 2.05) is 0 Å². The third-order valence-corrected chi connectivity index (χ3v) is 4.35. The van der Waals surface area contributed by atoms with Gasteiger partial charge >= 0.3 is 0 Å². The average molecular weight is 321 g/mol. The van der Waals surface area contributed by atoms with Crippen LogP contribution >= 0.6 is 0 Å². The van der Waals surface area contributed by atoms with Gasteiger partial charge in [0.15, 0.2) is 0 Å². The van der Waals surface area contributed by atoms with Gasteiger partial charge in [-0.2, -0.15) is 0 Å². The van der Waals surface area contributed by atoms with Crippen molar-refractivity contribution in [1.82, 2.24) is 0 Å². The van der Waals surface area contributed by atoms with Crippen molar-refractivity contribution in [2.24, 2.45) is 5.92 Å². The van der Waals surface area contributed by atoms with Crippen molar-refractivity contribution in [2.75, 3.05) is 6.61 Å². The molecule has 0 fully saturated rings. The topological polar surface area (TPSA) is 20.2 Å². The minimum Gasteiger partial charge on any atom is -0.396 e. The van der Waals surface area contributed by atoms with Crippen LogP contribution in [0.1, 0.15) is 90.9 Å². The lowest BCUT2D eigenvalue weighted by atomic mass is 9.98. The standard InChI is InChI=1S/C22H40O/c1-3-5-6-7-8-9-10-11-12-13-14-15-16-17-18-19-20-22(4-2)21-23/h5-6,8-9,11-12,22-23H,3-4,7,10,13-21H2,1-2H3. The maximum atomic E-state index is 9.14. The summed E-state index contributed by atoms with van der Waals surface area (Å²) in [6.07, 6.45) is 28.4. The van der Waals surface area contributed by atoms with Crippen LogP contribution < -0.4 is 0 Å². The van der Waals surface area contributed by atoms with Gasteiger partial charge in [-0.3, -0.25) is 0 Å². The molecule has 1 nitrogen and oxygen atoms in total. The Bertz CT molecular complexity index is 297. The Morgan fingerprint density at radius 3 is 1.87 bits per heavy atom. The fourth-order valence-corrected chi connectivity index (χ4v) is 2.65. The van der Waals surface area contributed by atoms with Crippen molar-refractivity contribution in [3.05, 3.63) is 36.5 Å². The van der Waals surface area contributed by atoms with Crippen molar-refractivity contribution in [1.29, 1.82) is 0 Å². The summed E-state index contributed by atoms with van der Waals surface area (Å²) in [6, 6.07) is 0. The summed E-state index contributed by atoms with van der Waals surface area (Å²) in [6.45, 7) is 4.71. The summed E-state index contributed by atoms with van der Waals surface area (Å²) >= 11 is 0. The van der Waals surface area contributed by atoms with Crippen LogP contribution in [-0.2, 0) is 0 Å². The normalized spacial score (nSPS) is 13.7. The van der Waals surface area contributed by atoms with Gasteiger partial charge in [0, 0.05) is 6.61 Å². The summed E-state index contributed by atoms with van der Waals surface area (Å²) in [5, 5.41) is 9.14. The largest absolute Gasteiger partial charge is 0.396 e. The van der Waals surface area contributed by atoms with E-state index in [1.54, 1.807) is 0 Å². The van der Waals surface area contributed by atoms with E-state index in [2.05, 4.69) is 50.3 Å². The molecule has 0 aromatic carbocycles. The van der Waals surface area contributed by atoms with Crippen LogP contribution in [0.3, 0.4) is 0 Å². The number of unbranched alkanes of at least 4 members (excludes halogenated alkanes) is 6. The van der Waals surface area contributed by atoms with Gasteiger partial charge < -0.3 is 5.11 Å². The molecule has 1 N–H and O–H groups in total. The van der Waals surface area contributed by atoms with Gasteiger partial charge in [-0.05, 0) is 44.4 Å². The molecule has 0 aromatic heterocycles. The molecule has 1 unspecified atom stereocenters. The summed E-state index contributed by atoms with van der Waals surface area (Å²) < 4.78 is 0. The molecular formula is C22H40O.